The van der Waals surface area contributed by atoms with Gasteiger partial charge in [0, 0.05) is 22.9 Å². The van der Waals surface area contributed by atoms with E-state index in [9.17, 15) is 18.0 Å². The smallest absolute Gasteiger partial charge is 0.244 e. The molecule has 7 nitrogen and oxygen atoms in total. The third-order valence-electron chi connectivity index (χ3n) is 5.98. The van der Waals surface area contributed by atoms with Crippen molar-refractivity contribution in [1.29, 1.82) is 0 Å². The Balaban J connectivity index is 1.95. The topological polar surface area (TPSA) is 86.8 Å². The molecule has 0 aliphatic rings. The highest BCUT2D eigenvalue weighted by Crippen LogP contribution is 2.28. The molecule has 9 heteroatoms. The average molecular weight is 575 g/mol. The number of anilines is 1. The molecule has 36 heavy (non-hydrogen) atoms. The van der Waals surface area contributed by atoms with E-state index in [-0.39, 0.29) is 12.5 Å². The predicted octanol–water partition coefficient (Wildman–Crippen LogP) is 4.70. The van der Waals surface area contributed by atoms with Crippen molar-refractivity contribution in [2.45, 2.75) is 39.3 Å². The first-order valence-corrected chi connectivity index (χ1v) is 14.5. The zero-order valence-corrected chi connectivity index (χ0v) is 23.2. The Morgan fingerprint density at radius 1 is 1.00 bits per heavy atom. The number of benzene rings is 3. The molecule has 1 atom stereocenters. The maximum atomic E-state index is 13.7. The molecule has 0 bridgehead atoms. The van der Waals surface area contributed by atoms with Gasteiger partial charge in [0.15, 0.2) is 0 Å². The number of carbonyl (C=O) groups excluding carboxylic acids is 2. The number of nitrogens with zero attached hydrogens (tertiary/aromatic N) is 2. The van der Waals surface area contributed by atoms with E-state index in [0.29, 0.717) is 12.2 Å². The quantitative estimate of drug-likeness (QED) is 0.337. The first-order valence-electron chi connectivity index (χ1n) is 11.9. The fourth-order valence-corrected chi connectivity index (χ4v) is 5.05. The van der Waals surface area contributed by atoms with Crippen molar-refractivity contribution in [3.8, 4) is 0 Å². The molecule has 0 saturated carbocycles. The van der Waals surface area contributed by atoms with Crippen molar-refractivity contribution in [2.24, 2.45) is 0 Å². The largest absolute Gasteiger partial charge is 0.354 e. The van der Waals surface area contributed by atoms with Gasteiger partial charge >= 0.3 is 0 Å². The standard InChI is InChI=1S/C27H32BrN3O4S/c1-4-5-17-29-27(33)20(2)30(18-21-13-15-23(28)16-14-21)26(32)19-31(36(3,34)35)25-12-8-10-22-9-6-7-11-24(22)25/h6-16,20H,4-5,17-19H2,1-3H3,(H,29,33)/t20-/m1/s1. The summed E-state index contributed by atoms with van der Waals surface area (Å²) >= 11 is 3.41. The molecule has 0 fully saturated rings. The molecule has 0 aliphatic heterocycles. The Morgan fingerprint density at radius 2 is 1.67 bits per heavy atom. The van der Waals surface area contributed by atoms with Gasteiger partial charge in [-0.05, 0) is 42.5 Å². The lowest BCUT2D eigenvalue weighted by atomic mass is 10.1. The number of hydrogen-bond acceptors (Lipinski definition) is 4. The second kappa shape index (κ2) is 12.4. The molecule has 3 aromatic rings. The van der Waals surface area contributed by atoms with Crippen molar-refractivity contribution in [3.63, 3.8) is 0 Å². The number of sulfonamides is 1. The Kier molecular flexibility index (Phi) is 9.50. The molecule has 0 aliphatic carbocycles. The number of hydrogen-bond donors (Lipinski definition) is 1. The number of carbonyl (C=O) groups is 2. The molecule has 192 valence electrons. The van der Waals surface area contributed by atoms with Crippen LogP contribution in [0.1, 0.15) is 32.3 Å². The minimum absolute atomic E-state index is 0.168. The second-order valence-corrected chi connectivity index (χ2v) is 11.6. The van der Waals surface area contributed by atoms with Gasteiger partial charge in [-0.3, -0.25) is 13.9 Å². The fourth-order valence-electron chi connectivity index (χ4n) is 3.93. The molecule has 2 amide bonds. The summed E-state index contributed by atoms with van der Waals surface area (Å²) in [6.07, 6.45) is 2.86. The molecule has 0 aromatic heterocycles. The highest BCUT2D eigenvalue weighted by Gasteiger charge is 2.30. The van der Waals surface area contributed by atoms with Crippen LogP contribution in [0.3, 0.4) is 0 Å². The number of rotatable bonds is 11. The summed E-state index contributed by atoms with van der Waals surface area (Å²) in [4.78, 5) is 28.0. The van der Waals surface area contributed by atoms with Gasteiger partial charge in [0.05, 0.1) is 11.9 Å². The molecule has 0 radical (unpaired) electrons. The van der Waals surface area contributed by atoms with Crippen molar-refractivity contribution in [3.05, 3.63) is 76.8 Å². The molecule has 0 saturated heterocycles. The summed E-state index contributed by atoms with van der Waals surface area (Å²) in [7, 11) is -3.80. The van der Waals surface area contributed by atoms with Gasteiger partial charge in [0.25, 0.3) is 0 Å². The van der Waals surface area contributed by atoms with Gasteiger partial charge in [-0.25, -0.2) is 8.42 Å². The highest BCUT2D eigenvalue weighted by atomic mass is 79.9. The van der Waals surface area contributed by atoms with Crippen LogP contribution in [-0.4, -0.2) is 50.5 Å². The van der Waals surface area contributed by atoms with E-state index in [1.165, 1.54) is 4.90 Å². The van der Waals surface area contributed by atoms with Crippen LogP contribution in [0.25, 0.3) is 10.8 Å². The van der Waals surface area contributed by atoms with Crippen molar-refractivity contribution in [2.75, 3.05) is 23.7 Å². The molecule has 1 N–H and O–H groups in total. The van der Waals surface area contributed by atoms with Crippen LogP contribution in [0.15, 0.2) is 71.2 Å². The van der Waals surface area contributed by atoms with Crippen LogP contribution in [0, 0.1) is 0 Å². The van der Waals surface area contributed by atoms with E-state index < -0.39 is 28.5 Å². The zero-order chi connectivity index (χ0) is 26.3. The normalized spacial score (nSPS) is 12.2. The Bertz CT molecular complexity index is 1310. The second-order valence-electron chi connectivity index (χ2n) is 8.74. The SMILES string of the molecule is CCCCNC(=O)[C@@H](C)N(Cc1ccc(Br)cc1)C(=O)CN(c1cccc2ccccc12)S(C)(=O)=O. The van der Waals surface area contributed by atoms with Gasteiger partial charge in [-0.1, -0.05) is 77.8 Å². The number of fused-ring (bicyclic) bond motifs is 1. The number of nitrogens with one attached hydrogen (secondary N) is 1. The maximum Gasteiger partial charge on any atom is 0.244 e. The van der Waals surface area contributed by atoms with Crippen LogP contribution in [0.2, 0.25) is 0 Å². The Labute approximate surface area is 221 Å². The molecule has 3 rings (SSSR count). The van der Waals surface area contributed by atoms with Gasteiger partial charge < -0.3 is 10.2 Å². The third kappa shape index (κ3) is 7.07. The van der Waals surface area contributed by atoms with E-state index in [2.05, 4.69) is 21.2 Å². The molecule has 0 unspecified atom stereocenters. The lowest BCUT2D eigenvalue weighted by molar-refractivity contribution is -0.139. The van der Waals surface area contributed by atoms with Crippen LogP contribution in [-0.2, 0) is 26.2 Å². The first kappa shape index (κ1) is 27.7. The third-order valence-corrected chi connectivity index (χ3v) is 7.63. The molecule has 3 aromatic carbocycles. The zero-order valence-electron chi connectivity index (χ0n) is 20.8. The van der Waals surface area contributed by atoms with Gasteiger partial charge in [0.2, 0.25) is 21.8 Å². The van der Waals surface area contributed by atoms with Crippen LogP contribution >= 0.6 is 15.9 Å². The van der Waals surface area contributed by atoms with E-state index in [0.717, 1.165) is 44.2 Å². The molecular weight excluding hydrogens is 542 g/mol. The summed E-state index contributed by atoms with van der Waals surface area (Å²) in [5.74, 6) is -0.737. The molecule has 0 spiro atoms. The lowest BCUT2D eigenvalue weighted by Crippen LogP contribution is -2.51. The van der Waals surface area contributed by atoms with Crippen molar-refractivity contribution in [1.82, 2.24) is 10.2 Å². The monoisotopic (exact) mass is 573 g/mol. The van der Waals surface area contributed by atoms with E-state index in [1.54, 1.807) is 19.1 Å². The van der Waals surface area contributed by atoms with E-state index in [4.69, 9.17) is 0 Å². The fraction of sp³-hybridized carbons (Fsp3) is 0.333. The van der Waals surface area contributed by atoms with Gasteiger partial charge in [-0.2, -0.15) is 0 Å². The van der Waals surface area contributed by atoms with E-state index >= 15 is 0 Å². The predicted molar refractivity (Wildman–Crippen MR) is 148 cm³/mol. The summed E-state index contributed by atoms with van der Waals surface area (Å²) in [5, 5.41) is 4.47. The minimum Gasteiger partial charge on any atom is -0.354 e. The summed E-state index contributed by atoms with van der Waals surface area (Å²) in [5.41, 5.74) is 1.25. The highest BCUT2D eigenvalue weighted by molar-refractivity contribution is 9.10. The van der Waals surface area contributed by atoms with Crippen LogP contribution in [0.5, 0.6) is 0 Å². The Hall–Kier alpha value is -2.91. The van der Waals surface area contributed by atoms with Crippen LogP contribution in [0.4, 0.5) is 5.69 Å². The van der Waals surface area contributed by atoms with Crippen molar-refractivity contribution >= 4 is 54.2 Å². The van der Waals surface area contributed by atoms with Gasteiger partial charge in [0.1, 0.15) is 12.6 Å². The lowest BCUT2D eigenvalue weighted by Gasteiger charge is -2.31. The van der Waals surface area contributed by atoms with Gasteiger partial charge in [-0.15, -0.1) is 0 Å². The summed E-state index contributed by atoms with van der Waals surface area (Å²) < 4.78 is 27.8. The maximum absolute atomic E-state index is 13.7. The minimum atomic E-state index is -3.80. The first-order chi connectivity index (χ1) is 17.1. The van der Waals surface area contributed by atoms with Crippen molar-refractivity contribution < 1.29 is 18.0 Å². The molecular formula is C27H32BrN3O4S. The average Bonchev–Trinajstić information content (AvgIpc) is 2.85. The van der Waals surface area contributed by atoms with E-state index in [1.807, 2.05) is 61.5 Å². The van der Waals surface area contributed by atoms with Crippen LogP contribution < -0.4 is 9.62 Å². The number of amides is 2. The molecule has 0 heterocycles. The number of halogens is 1. The number of unbranched alkanes of at least 4 members (excludes halogenated alkanes) is 1. The Morgan fingerprint density at radius 3 is 2.33 bits per heavy atom. The summed E-state index contributed by atoms with van der Waals surface area (Å²) in [6, 6.07) is 19.5. The summed E-state index contributed by atoms with van der Waals surface area (Å²) in [6.45, 7) is 3.97.